The van der Waals surface area contributed by atoms with Crippen LogP contribution in [0.4, 0.5) is 5.69 Å². The van der Waals surface area contributed by atoms with E-state index in [2.05, 4.69) is 10.3 Å². The van der Waals surface area contributed by atoms with Gasteiger partial charge >= 0.3 is 0 Å². The molecule has 0 unspecified atom stereocenters. The van der Waals surface area contributed by atoms with E-state index in [0.29, 0.717) is 5.88 Å². The highest BCUT2D eigenvalue weighted by Gasteiger charge is 2.23. The number of aromatic nitrogens is 1. The van der Waals surface area contributed by atoms with Gasteiger partial charge in [0.05, 0.1) is 23.9 Å². The molecule has 2 atom stereocenters. The molecule has 4 nitrogen and oxygen atoms in total. The molecule has 1 heterocycles. The summed E-state index contributed by atoms with van der Waals surface area (Å²) < 4.78 is 5.67. The summed E-state index contributed by atoms with van der Waals surface area (Å²) in [6.45, 7) is 3.96. The van der Waals surface area contributed by atoms with Gasteiger partial charge in [-0.25, -0.2) is 4.98 Å². The second-order valence-corrected chi connectivity index (χ2v) is 5.13. The Balaban J connectivity index is 2.07. The minimum Gasteiger partial charge on any atom is -0.473 e. The normalized spacial score (nSPS) is 24.0. The Labute approximate surface area is 108 Å². The van der Waals surface area contributed by atoms with E-state index < -0.39 is 0 Å². The molecule has 1 aromatic rings. The van der Waals surface area contributed by atoms with Gasteiger partial charge in [0.2, 0.25) is 5.88 Å². The van der Waals surface area contributed by atoms with Crippen LogP contribution >= 0.6 is 0 Å². The molecule has 0 bridgehead atoms. The zero-order valence-electron chi connectivity index (χ0n) is 11.1. The van der Waals surface area contributed by atoms with Crippen molar-refractivity contribution in [3.05, 3.63) is 18.3 Å². The molecule has 2 rings (SSSR count). The molecule has 0 aliphatic heterocycles. The molecular formula is C14H22N2O2. The summed E-state index contributed by atoms with van der Waals surface area (Å²) in [7, 11) is 0. The van der Waals surface area contributed by atoms with Crippen molar-refractivity contribution in [1.82, 2.24) is 4.98 Å². The molecule has 1 saturated carbocycles. The van der Waals surface area contributed by atoms with Crippen molar-refractivity contribution in [3.63, 3.8) is 0 Å². The van der Waals surface area contributed by atoms with Crippen molar-refractivity contribution in [1.29, 1.82) is 0 Å². The van der Waals surface area contributed by atoms with Crippen LogP contribution in [0.2, 0.25) is 0 Å². The fourth-order valence-corrected chi connectivity index (χ4v) is 2.30. The van der Waals surface area contributed by atoms with Gasteiger partial charge in [0.25, 0.3) is 0 Å². The zero-order valence-corrected chi connectivity index (χ0v) is 11.1. The van der Waals surface area contributed by atoms with Crippen LogP contribution in [0.1, 0.15) is 39.5 Å². The summed E-state index contributed by atoms with van der Waals surface area (Å²) in [5.74, 6) is 0.616. The van der Waals surface area contributed by atoms with E-state index in [1.165, 1.54) is 0 Å². The van der Waals surface area contributed by atoms with Gasteiger partial charge in [0.15, 0.2) is 0 Å². The van der Waals surface area contributed by atoms with Gasteiger partial charge in [0, 0.05) is 6.20 Å². The van der Waals surface area contributed by atoms with Crippen molar-refractivity contribution in [2.45, 2.75) is 57.8 Å². The third-order valence-corrected chi connectivity index (χ3v) is 3.19. The maximum absolute atomic E-state index is 9.98. The highest BCUT2D eigenvalue weighted by molar-refractivity contribution is 5.53. The molecule has 18 heavy (non-hydrogen) atoms. The molecule has 0 radical (unpaired) electrons. The lowest BCUT2D eigenvalue weighted by Crippen LogP contribution is -2.36. The van der Waals surface area contributed by atoms with Crippen molar-refractivity contribution in [2.24, 2.45) is 0 Å². The summed E-state index contributed by atoms with van der Waals surface area (Å²) in [5.41, 5.74) is 0.872. The summed E-state index contributed by atoms with van der Waals surface area (Å²) in [6, 6.07) is 3.94. The van der Waals surface area contributed by atoms with Gasteiger partial charge in [-0.3, -0.25) is 0 Å². The number of pyridine rings is 1. The van der Waals surface area contributed by atoms with Crippen LogP contribution in [-0.4, -0.2) is 28.3 Å². The smallest absolute Gasteiger partial charge is 0.237 e. The number of rotatable bonds is 4. The lowest BCUT2D eigenvalue weighted by Gasteiger charge is -2.29. The number of nitrogens with one attached hydrogen (secondary N) is 1. The van der Waals surface area contributed by atoms with E-state index in [4.69, 9.17) is 4.74 Å². The number of aliphatic hydroxyl groups is 1. The first kappa shape index (κ1) is 13.1. The Morgan fingerprint density at radius 1 is 1.39 bits per heavy atom. The molecule has 0 amide bonds. The molecule has 2 N–H and O–H groups in total. The zero-order chi connectivity index (χ0) is 13.0. The first-order valence-corrected chi connectivity index (χ1v) is 6.73. The molecule has 0 spiro atoms. The number of ether oxygens (including phenoxy) is 1. The predicted molar refractivity (Wildman–Crippen MR) is 71.9 cm³/mol. The van der Waals surface area contributed by atoms with E-state index in [9.17, 15) is 5.11 Å². The topological polar surface area (TPSA) is 54.4 Å². The van der Waals surface area contributed by atoms with Crippen molar-refractivity contribution in [3.8, 4) is 5.88 Å². The molecule has 0 saturated heterocycles. The number of nitrogens with zero attached hydrogens (tertiary/aromatic N) is 1. The largest absolute Gasteiger partial charge is 0.473 e. The van der Waals surface area contributed by atoms with Crippen LogP contribution in [-0.2, 0) is 0 Å². The lowest BCUT2D eigenvalue weighted by molar-refractivity contribution is 0.116. The Hall–Kier alpha value is -1.29. The molecule has 1 aliphatic carbocycles. The molecule has 4 heteroatoms. The van der Waals surface area contributed by atoms with Crippen molar-refractivity contribution < 1.29 is 9.84 Å². The first-order chi connectivity index (χ1) is 8.66. The molecule has 0 aromatic carbocycles. The van der Waals surface area contributed by atoms with Gasteiger partial charge in [0.1, 0.15) is 0 Å². The maximum Gasteiger partial charge on any atom is 0.237 e. The fourth-order valence-electron chi connectivity index (χ4n) is 2.30. The van der Waals surface area contributed by atoms with Gasteiger partial charge in [-0.1, -0.05) is 12.8 Å². The average molecular weight is 250 g/mol. The monoisotopic (exact) mass is 250 g/mol. The van der Waals surface area contributed by atoms with Gasteiger partial charge in [-0.2, -0.15) is 0 Å². The van der Waals surface area contributed by atoms with Crippen LogP contribution in [0.25, 0.3) is 0 Å². The minimum atomic E-state index is -0.272. The van der Waals surface area contributed by atoms with E-state index in [-0.39, 0.29) is 18.2 Å². The summed E-state index contributed by atoms with van der Waals surface area (Å²) >= 11 is 0. The molecule has 100 valence electrons. The summed E-state index contributed by atoms with van der Waals surface area (Å²) in [6.07, 6.45) is 5.69. The number of hydrogen-bond acceptors (Lipinski definition) is 4. The number of anilines is 1. The standard InChI is InChI=1S/C14H22N2O2/c1-10(2)18-14-12(7-5-9-15-14)16-11-6-3-4-8-13(11)17/h5,7,9-11,13,16-17H,3-4,6,8H2,1-2H3/t11-,13-/m1/s1. The van der Waals surface area contributed by atoms with Crippen LogP contribution in [0, 0.1) is 0 Å². The number of aliphatic hydroxyl groups excluding tert-OH is 1. The molecular weight excluding hydrogens is 228 g/mol. The van der Waals surface area contributed by atoms with Crippen LogP contribution < -0.4 is 10.1 Å². The van der Waals surface area contributed by atoms with E-state index in [0.717, 1.165) is 31.4 Å². The first-order valence-electron chi connectivity index (χ1n) is 6.73. The quantitative estimate of drug-likeness (QED) is 0.862. The number of hydrogen-bond donors (Lipinski definition) is 2. The molecule has 1 aliphatic rings. The SMILES string of the molecule is CC(C)Oc1ncccc1N[C@@H]1CCCC[C@H]1O. The Morgan fingerprint density at radius 2 is 2.17 bits per heavy atom. The second kappa shape index (κ2) is 6.05. The Bertz CT molecular complexity index is 382. The Kier molecular flexibility index (Phi) is 4.42. The Morgan fingerprint density at radius 3 is 2.89 bits per heavy atom. The van der Waals surface area contributed by atoms with Crippen molar-refractivity contribution >= 4 is 5.69 Å². The van der Waals surface area contributed by atoms with Crippen LogP contribution in [0.5, 0.6) is 5.88 Å². The van der Waals surface area contributed by atoms with Crippen LogP contribution in [0.15, 0.2) is 18.3 Å². The maximum atomic E-state index is 9.98. The van der Waals surface area contributed by atoms with E-state index in [1.807, 2.05) is 26.0 Å². The highest BCUT2D eigenvalue weighted by Crippen LogP contribution is 2.27. The summed E-state index contributed by atoms with van der Waals surface area (Å²) in [4.78, 5) is 4.24. The fraction of sp³-hybridized carbons (Fsp3) is 0.643. The van der Waals surface area contributed by atoms with Crippen molar-refractivity contribution in [2.75, 3.05) is 5.32 Å². The lowest BCUT2D eigenvalue weighted by atomic mass is 9.92. The van der Waals surface area contributed by atoms with Crippen LogP contribution in [0.3, 0.4) is 0 Å². The minimum absolute atomic E-state index is 0.0942. The molecule has 1 fully saturated rings. The highest BCUT2D eigenvalue weighted by atomic mass is 16.5. The third kappa shape index (κ3) is 3.35. The van der Waals surface area contributed by atoms with Gasteiger partial charge in [-0.05, 0) is 38.8 Å². The van der Waals surface area contributed by atoms with E-state index in [1.54, 1.807) is 6.20 Å². The van der Waals surface area contributed by atoms with Gasteiger partial charge in [-0.15, -0.1) is 0 Å². The van der Waals surface area contributed by atoms with E-state index >= 15 is 0 Å². The average Bonchev–Trinajstić information content (AvgIpc) is 2.34. The third-order valence-electron chi connectivity index (χ3n) is 3.19. The second-order valence-electron chi connectivity index (χ2n) is 5.13. The molecule has 1 aromatic heterocycles. The predicted octanol–water partition coefficient (Wildman–Crippen LogP) is 2.58. The van der Waals surface area contributed by atoms with Gasteiger partial charge < -0.3 is 15.2 Å². The summed E-state index contributed by atoms with van der Waals surface area (Å²) in [5, 5.41) is 13.3.